The predicted octanol–water partition coefficient (Wildman–Crippen LogP) is 8.27. The first-order valence-corrected chi connectivity index (χ1v) is 14.0. The zero-order valence-corrected chi connectivity index (χ0v) is 22.6. The summed E-state index contributed by atoms with van der Waals surface area (Å²) in [6, 6.07) is 0. The summed E-state index contributed by atoms with van der Waals surface area (Å²) in [5.74, 6) is 4.29. The molecule has 0 aliphatic heterocycles. The molecule has 1 heteroatoms. The van der Waals surface area contributed by atoms with Crippen LogP contribution in [-0.4, -0.2) is 11.2 Å². The quantitative estimate of drug-likeness (QED) is 0.407. The fourth-order valence-corrected chi connectivity index (χ4v) is 12.5. The minimum Gasteiger partial charge on any atom is -0.393 e. The fourth-order valence-electron chi connectivity index (χ4n) is 12.5. The van der Waals surface area contributed by atoms with Crippen LogP contribution in [0.4, 0.5) is 0 Å². The molecule has 32 heavy (non-hydrogen) atoms. The Labute approximate surface area is 199 Å². The van der Waals surface area contributed by atoms with Gasteiger partial charge < -0.3 is 5.11 Å². The molecule has 5 aliphatic rings. The van der Waals surface area contributed by atoms with Gasteiger partial charge in [-0.1, -0.05) is 60.6 Å². The molecular formula is C31H52O. The highest BCUT2D eigenvalue weighted by atomic mass is 16.3. The van der Waals surface area contributed by atoms with E-state index in [-0.39, 0.29) is 22.3 Å². The Morgan fingerprint density at radius 3 is 2.19 bits per heavy atom. The van der Waals surface area contributed by atoms with Crippen molar-refractivity contribution in [3.8, 4) is 0 Å². The second-order valence-electron chi connectivity index (χ2n) is 15.5. The maximum Gasteiger partial charge on any atom is 0.0584 e. The minimum absolute atomic E-state index is 0.145. The molecule has 0 aromatic heterocycles. The standard InChI is InChI=1S/C31H52O/c1-19(2)21-12-13-28(6)14-15-30(8)22(25(21)28)10-11-24-29(7)17-20(3)16-27(4,5)26(29)23(32)18-31(24,30)9/h20-26,32H,1,10-18H2,2-9H3. The summed E-state index contributed by atoms with van der Waals surface area (Å²) >= 11 is 0. The van der Waals surface area contributed by atoms with Gasteiger partial charge in [0.15, 0.2) is 0 Å². The lowest BCUT2D eigenvalue weighted by Crippen LogP contribution is -2.68. The van der Waals surface area contributed by atoms with Gasteiger partial charge in [-0.25, -0.2) is 0 Å². The molecule has 0 saturated heterocycles. The lowest BCUT2D eigenvalue weighted by Gasteiger charge is -2.73. The molecule has 11 atom stereocenters. The molecule has 0 radical (unpaired) electrons. The second-order valence-corrected chi connectivity index (χ2v) is 15.5. The van der Waals surface area contributed by atoms with Crippen molar-refractivity contribution in [1.29, 1.82) is 0 Å². The third kappa shape index (κ3) is 2.79. The Morgan fingerprint density at radius 2 is 1.53 bits per heavy atom. The lowest BCUT2D eigenvalue weighted by molar-refractivity contribution is -0.267. The number of allylic oxidation sites excluding steroid dienone is 1. The molecule has 0 bridgehead atoms. The van der Waals surface area contributed by atoms with Crippen LogP contribution < -0.4 is 0 Å². The third-order valence-electron chi connectivity index (χ3n) is 13.2. The molecule has 5 aliphatic carbocycles. The molecule has 11 unspecified atom stereocenters. The highest BCUT2D eigenvalue weighted by molar-refractivity contribution is 5.21. The van der Waals surface area contributed by atoms with Gasteiger partial charge in [-0.2, -0.15) is 0 Å². The Balaban J connectivity index is 1.59. The maximum atomic E-state index is 11.9. The van der Waals surface area contributed by atoms with Crippen molar-refractivity contribution in [1.82, 2.24) is 0 Å². The molecule has 0 aromatic rings. The second kappa shape index (κ2) is 6.89. The van der Waals surface area contributed by atoms with Crippen LogP contribution in [0.3, 0.4) is 0 Å². The van der Waals surface area contributed by atoms with E-state index >= 15 is 0 Å². The molecule has 182 valence electrons. The summed E-state index contributed by atoms with van der Waals surface area (Å²) in [6.45, 7) is 24.8. The van der Waals surface area contributed by atoms with E-state index in [4.69, 9.17) is 0 Å². The fraction of sp³-hybridized carbons (Fsp3) is 0.935. The molecule has 0 aromatic carbocycles. The van der Waals surface area contributed by atoms with Gasteiger partial charge >= 0.3 is 0 Å². The van der Waals surface area contributed by atoms with Gasteiger partial charge in [0.2, 0.25) is 0 Å². The van der Waals surface area contributed by atoms with Gasteiger partial charge in [0.05, 0.1) is 6.10 Å². The van der Waals surface area contributed by atoms with Crippen LogP contribution in [0.15, 0.2) is 12.2 Å². The minimum atomic E-state index is -0.145. The van der Waals surface area contributed by atoms with Gasteiger partial charge in [0, 0.05) is 0 Å². The average Bonchev–Trinajstić information content (AvgIpc) is 2.98. The largest absolute Gasteiger partial charge is 0.393 e. The lowest BCUT2D eigenvalue weighted by atomic mass is 9.31. The van der Waals surface area contributed by atoms with Crippen LogP contribution in [0, 0.1) is 62.6 Å². The Kier molecular flexibility index (Phi) is 5.05. The number of hydrogen-bond acceptors (Lipinski definition) is 1. The molecular weight excluding hydrogens is 388 g/mol. The van der Waals surface area contributed by atoms with E-state index in [2.05, 4.69) is 62.0 Å². The zero-order chi connectivity index (χ0) is 23.5. The van der Waals surface area contributed by atoms with E-state index in [0.717, 1.165) is 36.0 Å². The smallest absolute Gasteiger partial charge is 0.0584 e. The Morgan fingerprint density at radius 1 is 0.844 bits per heavy atom. The van der Waals surface area contributed by atoms with Gasteiger partial charge in [-0.15, -0.1) is 0 Å². The Hall–Kier alpha value is -0.300. The van der Waals surface area contributed by atoms with Crippen LogP contribution in [0.25, 0.3) is 0 Å². The molecule has 0 amide bonds. The molecule has 0 spiro atoms. The van der Waals surface area contributed by atoms with Crippen molar-refractivity contribution in [3.05, 3.63) is 12.2 Å². The summed E-state index contributed by atoms with van der Waals surface area (Å²) in [5.41, 5.74) is 3.06. The van der Waals surface area contributed by atoms with E-state index < -0.39 is 0 Å². The number of aliphatic hydroxyl groups is 1. The summed E-state index contributed by atoms with van der Waals surface area (Å²) in [4.78, 5) is 0. The average molecular weight is 441 g/mol. The van der Waals surface area contributed by atoms with Gasteiger partial charge in [-0.3, -0.25) is 0 Å². The third-order valence-corrected chi connectivity index (χ3v) is 13.2. The van der Waals surface area contributed by atoms with Crippen molar-refractivity contribution in [2.75, 3.05) is 0 Å². The van der Waals surface area contributed by atoms with E-state index in [1.165, 1.54) is 56.9 Å². The van der Waals surface area contributed by atoms with Crippen molar-refractivity contribution < 1.29 is 5.11 Å². The number of rotatable bonds is 1. The van der Waals surface area contributed by atoms with Crippen molar-refractivity contribution >= 4 is 0 Å². The SMILES string of the molecule is C=C(C)C1CCC2(C)CCC3(C)C(CCC4C5(C)CC(C)CC(C)(C)C5C(O)CC43C)C12. The number of hydrogen-bond donors (Lipinski definition) is 1. The molecule has 0 heterocycles. The highest BCUT2D eigenvalue weighted by Gasteiger charge is 2.71. The van der Waals surface area contributed by atoms with Crippen molar-refractivity contribution in [2.24, 2.45) is 62.6 Å². The summed E-state index contributed by atoms with van der Waals surface area (Å²) < 4.78 is 0. The first-order chi connectivity index (χ1) is 14.7. The molecule has 5 rings (SSSR count). The summed E-state index contributed by atoms with van der Waals surface area (Å²) in [6.07, 6.45) is 11.8. The molecule has 5 fully saturated rings. The first kappa shape index (κ1) is 23.4. The maximum absolute atomic E-state index is 11.9. The molecule has 1 N–H and O–H groups in total. The van der Waals surface area contributed by atoms with Gasteiger partial charge in [0.1, 0.15) is 0 Å². The van der Waals surface area contributed by atoms with E-state index in [1.807, 2.05) is 0 Å². The first-order valence-electron chi connectivity index (χ1n) is 14.0. The van der Waals surface area contributed by atoms with E-state index in [0.29, 0.717) is 16.7 Å². The van der Waals surface area contributed by atoms with Crippen molar-refractivity contribution in [2.45, 2.75) is 119 Å². The molecule has 1 nitrogen and oxygen atoms in total. The predicted molar refractivity (Wildman–Crippen MR) is 135 cm³/mol. The Bertz CT molecular complexity index is 796. The van der Waals surface area contributed by atoms with Crippen LogP contribution in [0.5, 0.6) is 0 Å². The van der Waals surface area contributed by atoms with Crippen LogP contribution >= 0.6 is 0 Å². The number of aliphatic hydroxyl groups excluding tert-OH is 1. The van der Waals surface area contributed by atoms with Crippen LogP contribution in [-0.2, 0) is 0 Å². The highest BCUT2D eigenvalue weighted by Crippen LogP contribution is 2.77. The number of fused-ring (bicyclic) bond motifs is 7. The van der Waals surface area contributed by atoms with Crippen molar-refractivity contribution in [3.63, 3.8) is 0 Å². The normalized spacial score (nSPS) is 58.8. The van der Waals surface area contributed by atoms with Crippen LogP contribution in [0.2, 0.25) is 0 Å². The van der Waals surface area contributed by atoms with E-state index in [1.54, 1.807) is 0 Å². The summed E-state index contributed by atoms with van der Waals surface area (Å²) in [5, 5.41) is 11.9. The zero-order valence-electron chi connectivity index (χ0n) is 22.6. The van der Waals surface area contributed by atoms with E-state index in [9.17, 15) is 5.11 Å². The molecule has 5 saturated carbocycles. The van der Waals surface area contributed by atoms with Gasteiger partial charge in [0.25, 0.3) is 0 Å². The summed E-state index contributed by atoms with van der Waals surface area (Å²) in [7, 11) is 0. The van der Waals surface area contributed by atoms with Gasteiger partial charge in [-0.05, 0) is 127 Å². The van der Waals surface area contributed by atoms with Crippen LogP contribution in [0.1, 0.15) is 113 Å². The monoisotopic (exact) mass is 440 g/mol. The topological polar surface area (TPSA) is 20.2 Å².